The van der Waals surface area contributed by atoms with Crippen molar-refractivity contribution in [3.05, 3.63) is 41.6 Å². The molecular formula is C19H22N4O2. The second-order valence-electron chi connectivity index (χ2n) is 6.32. The van der Waals surface area contributed by atoms with E-state index in [4.69, 9.17) is 0 Å². The predicted octanol–water partition coefficient (Wildman–Crippen LogP) is 1.59. The summed E-state index contributed by atoms with van der Waals surface area (Å²) in [6, 6.07) is 10.0. The van der Waals surface area contributed by atoms with Crippen molar-refractivity contribution < 1.29 is 9.59 Å². The Balaban J connectivity index is 1.52. The van der Waals surface area contributed by atoms with Crippen LogP contribution in [0.5, 0.6) is 0 Å². The molecule has 3 rings (SSSR count). The highest BCUT2D eigenvalue weighted by molar-refractivity contribution is 5.97. The Kier molecular flexibility index (Phi) is 5.34. The van der Waals surface area contributed by atoms with Gasteiger partial charge >= 0.3 is 0 Å². The van der Waals surface area contributed by atoms with E-state index in [-0.39, 0.29) is 17.4 Å². The SMILES string of the molecule is N#C/C(=C/N1CCc2ccccc21)C(=O)NCCCN1CCCC1=O. The van der Waals surface area contributed by atoms with Crippen LogP contribution in [-0.2, 0) is 16.0 Å². The number of rotatable bonds is 6. The summed E-state index contributed by atoms with van der Waals surface area (Å²) in [6.07, 6.45) is 4.79. The molecule has 0 aliphatic carbocycles. The highest BCUT2D eigenvalue weighted by Crippen LogP contribution is 2.28. The molecule has 0 spiro atoms. The molecule has 1 N–H and O–H groups in total. The summed E-state index contributed by atoms with van der Waals surface area (Å²) >= 11 is 0. The molecule has 25 heavy (non-hydrogen) atoms. The molecule has 2 amide bonds. The van der Waals surface area contributed by atoms with Crippen molar-refractivity contribution in [3.63, 3.8) is 0 Å². The first-order valence-electron chi connectivity index (χ1n) is 8.71. The summed E-state index contributed by atoms with van der Waals surface area (Å²) < 4.78 is 0. The van der Waals surface area contributed by atoms with Crippen molar-refractivity contribution in [3.8, 4) is 6.07 Å². The van der Waals surface area contributed by atoms with Gasteiger partial charge in [0.05, 0.1) is 0 Å². The summed E-state index contributed by atoms with van der Waals surface area (Å²) in [6.45, 7) is 2.70. The number of likely N-dealkylation sites (tertiary alicyclic amines) is 1. The van der Waals surface area contributed by atoms with Crippen molar-refractivity contribution in [1.29, 1.82) is 5.26 Å². The largest absolute Gasteiger partial charge is 0.351 e. The van der Waals surface area contributed by atoms with E-state index >= 15 is 0 Å². The van der Waals surface area contributed by atoms with Crippen molar-refractivity contribution >= 4 is 17.5 Å². The number of carbonyl (C=O) groups is 2. The maximum atomic E-state index is 12.2. The van der Waals surface area contributed by atoms with Gasteiger partial charge in [-0.2, -0.15) is 5.26 Å². The Hall–Kier alpha value is -2.81. The third kappa shape index (κ3) is 4.00. The molecule has 0 saturated carbocycles. The molecule has 0 bridgehead atoms. The van der Waals surface area contributed by atoms with Crippen LogP contribution < -0.4 is 10.2 Å². The van der Waals surface area contributed by atoms with E-state index in [0.717, 1.165) is 31.6 Å². The van der Waals surface area contributed by atoms with Crippen LogP contribution in [-0.4, -0.2) is 42.9 Å². The second kappa shape index (κ2) is 7.84. The lowest BCUT2D eigenvalue weighted by Gasteiger charge is -2.16. The van der Waals surface area contributed by atoms with Gasteiger partial charge < -0.3 is 15.1 Å². The van der Waals surface area contributed by atoms with Gasteiger partial charge in [0.25, 0.3) is 5.91 Å². The zero-order valence-corrected chi connectivity index (χ0v) is 14.2. The molecule has 0 radical (unpaired) electrons. The molecule has 2 heterocycles. The van der Waals surface area contributed by atoms with Gasteiger partial charge in [0, 0.05) is 44.5 Å². The first-order valence-corrected chi connectivity index (χ1v) is 8.71. The van der Waals surface area contributed by atoms with Gasteiger partial charge in [-0.25, -0.2) is 0 Å². The van der Waals surface area contributed by atoms with Gasteiger partial charge in [-0.05, 0) is 30.9 Å². The average molecular weight is 338 g/mol. The molecule has 1 saturated heterocycles. The number of carbonyl (C=O) groups excluding carboxylic acids is 2. The van der Waals surface area contributed by atoms with Crippen molar-refractivity contribution in [2.24, 2.45) is 0 Å². The number of benzene rings is 1. The molecule has 2 aliphatic rings. The number of hydrogen-bond donors (Lipinski definition) is 1. The molecule has 0 aromatic heterocycles. The molecule has 6 nitrogen and oxygen atoms in total. The number of nitrogens with one attached hydrogen (secondary N) is 1. The number of para-hydroxylation sites is 1. The molecule has 6 heteroatoms. The lowest BCUT2D eigenvalue weighted by molar-refractivity contribution is -0.127. The van der Waals surface area contributed by atoms with Crippen molar-refractivity contribution in [1.82, 2.24) is 10.2 Å². The fraction of sp³-hybridized carbons (Fsp3) is 0.421. The number of nitrogens with zero attached hydrogens (tertiary/aromatic N) is 3. The predicted molar refractivity (Wildman–Crippen MR) is 94.6 cm³/mol. The van der Waals surface area contributed by atoms with Crippen LogP contribution in [0.2, 0.25) is 0 Å². The quantitative estimate of drug-likeness (QED) is 0.485. The first kappa shape index (κ1) is 17.0. The van der Waals surface area contributed by atoms with Gasteiger partial charge in [0.2, 0.25) is 5.91 Å². The monoisotopic (exact) mass is 338 g/mol. The Morgan fingerprint density at radius 1 is 1.28 bits per heavy atom. The summed E-state index contributed by atoms with van der Waals surface area (Å²) in [4.78, 5) is 27.5. The molecule has 1 aromatic rings. The van der Waals surface area contributed by atoms with Gasteiger partial charge in [0.1, 0.15) is 11.6 Å². The normalized spacial score (nSPS) is 16.8. The van der Waals surface area contributed by atoms with E-state index < -0.39 is 0 Å². The van der Waals surface area contributed by atoms with Crippen LogP contribution in [0.1, 0.15) is 24.8 Å². The molecule has 2 aliphatic heterocycles. The number of anilines is 1. The minimum atomic E-state index is -0.361. The summed E-state index contributed by atoms with van der Waals surface area (Å²) in [5, 5.41) is 12.1. The summed E-state index contributed by atoms with van der Waals surface area (Å²) in [5.41, 5.74) is 2.39. The number of nitriles is 1. The Bertz CT molecular complexity index is 735. The van der Waals surface area contributed by atoms with Gasteiger partial charge in [0.15, 0.2) is 0 Å². The Morgan fingerprint density at radius 3 is 2.88 bits per heavy atom. The smallest absolute Gasteiger partial charge is 0.263 e. The van der Waals surface area contributed by atoms with Crippen LogP contribution in [0.3, 0.4) is 0 Å². The minimum Gasteiger partial charge on any atom is -0.351 e. The number of fused-ring (bicyclic) bond motifs is 1. The van der Waals surface area contributed by atoms with Crippen LogP contribution >= 0.6 is 0 Å². The van der Waals surface area contributed by atoms with Crippen LogP contribution in [0, 0.1) is 11.3 Å². The fourth-order valence-electron chi connectivity index (χ4n) is 3.30. The van der Waals surface area contributed by atoms with Gasteiger partial charge in [-0.3, -0.25) is 9.59 Å². The summed E-state index contributed by atoms with van der Waals surface area (Å²) in [5.74, 6) is -0.170. The lowest BCUT2D eigenvalue weighted by atomic mass is 10.2. The zero-order valence-electron chi connectivity index (χ0n) is 14.2. The molecular weight excluding hydrogens is 316 g/mol. The Morgan fingerprint density at radius 2 is 2.12 bits per heavy atom. The van der Waals surface area contributed by atoms with E-state index in [9.17, 15) is 14.9 Å². The van der Waals surface area contributed by atoms with E-state index in [1.54, 1.807) is 6.20 Å². The second-order valence-corrected chi connectivity index (χ2v) is 6.32. The topological polar surface area (TPSA) is 76.4 Å². The molecule has 130 valence electrons. The summed E-state index contributed by atoms with van der Waals surface area (Å²) in [7, 11) is 0. The van der Waals surface area contributed by atoms with Crippen LogP contribution in [0.15, 0.2) is 36.0 Å². The first-order chi connectivity index (χ1) is 12.2. The lowest BCUT2D eigenvalue weighted by Crippen LogP contribution is -2.31. The van der Waals surface area contributed by atoms with Crippen molar-refractivity contribution in [2.45, 2.75) is 25.7 Å². The maximum absolute atomic E-state index is 12.2. The molecule has 1 aromatic carbocycles. The Labute approximate surface area is 147 Å². The zero-order chi connectivity index (χ0) is 17.6. The van der Waals surface area contributed by atoms with E-state index in [2.05, 4.69) is 11.4 Å². The minimum absolute atomic E-state index is 0.106. The van der Waals surface area contributed by atoms with Crippen LogP contribution in [0.25, 0.3) is 0 Å². The fourth-order valence-corrected chi connectivity index (χ4v) is 3.30. The van der Waals surface area contributed by atoms with E-state index in [1.807, 2.05) is 34.1 Å². The van der Waals surface area contributed by atoms with Crippen LogP contribution in [0.4, 0.5) is 5.69 Å². The average Bonchev–Trinajstić information content (AvgIpc) is 3.22. The van der Waals surface area contributed by atoms with E-state index in [1.165, 1.54) is 5.56 Å². The molecule has 1 fully saturated rings. The third-order valence-corrected chi connectivity index (χ3v) is 4.63. The van der Waals surface area contributed by atoms with Gasteiger partial charge in [-0.1, -0.05) is 18.2 Å². The standard InChI is InChI=1S/C19H22N4O2/c20-13-16(14-23-12-8-15-5-1-2-6-17(15)23)19(25)21-9-4-11-22-10-3-7-18(22)24/h1-2,5-6,14H,3-4,7-12H2,(H,21,25)/b16-14-. The molecule has 0 unspecified atom stereocenters. The molecule has 0 atom stereocenters. The van der Waals surface area contributed by atoms with Crippen molar-refractivity contribution in [2.75, 3.05) is 31.1 Å². The highest BCUT2D eigenvalue weighted by Gasteiger charge is 2.20. The van der Waals surface area contributed by atoms with E-state index in [0.29, 0.717) is 25.9 Å². The van der Waals surface area contributed by atoms with Gasteiger partial charge in [-0.15, -0.1) is 0 Å². The number of hydrogen-bond acceptors (Lipinski definition) is 4. The highest BCUT2D eigenvalue weighted by atomic mass is 16.2. The number of amides is 2. The maximum Gasteiger partial charge on any atom is 0.263 e. The third-order valence-electron chi connectivity index (χ3n) is 4.63.